The molecule has 0 fully saturated rings. The molecule has 0 unspecified atom stereocenters. The maximum absolute atomic E-state index is 11.5. The first-order chi connectivity index (χ1) is 6.20. The Morgan fingerprint density at radius 3 is 3.15 bits per heavy atom. The number of anilines is 1. The van der Waals surface area contributed by atoms with E-state index < -0.39 is 0 Å². The first-order valence-electron chi connectivity index (χ1n) is 4.00. The number of carbonyl (C=O) groups is 1. The van der Waals surface area contributed by atoms with Crippen LogP contribution in [0.2, 0.25) is 5.15 Å². The lowest BCUT2D eigenvalue weighted by Crippen LogP contribution is -2.34. The Kier molecular flexibility index (Phi) is 1.92. The third-order valence-electron chi connectivity index (χ3n) is 2.16. The van der Waals surface area contributed by atoms with Crippen molar-refractivity contribution in [2.45, 2.75) is 6.42 Å². The number of Topliss-reactive ketones (excluding diaryl/α,β-unsaturated/α-hetero) is 1. The van der Waals surface area contributed by atoms with Gasteiger partial charge < -0.3 is 0 Å². The number of ketones is 1. The molecule has 68 valence electrons. The Bertz CT molecular complexity index is 366. The minimum absolute atomic E-state index is 0.0578. The molecule has 0 bridgehead atoms. The number of H-pyrrole nitrogens is 1. The zero-order valence-electron chi connectivity index (χ0n) is 7.17. The van der Waals surface area contributed by atoms with Crippen LogP contribution in [0.15, 0.2) is 6.33 Å². The highest BCUT2D eigenvalue weighted by Gasteiger charge is 2.29. The van der Waals surface area contributed by atoms with Crippen LogP contribution in [0.3, 0.4) is 0 Å². The zero-order chi connectivity index (χ0) is 9.42. The fourth-order valence-electron chi connectivity index (χ4n) is 1.44. The van der Waals surface area contributed by atoms with Gasteiger partial charge in [-0.2, -0.15) is 0 Å². The fourth-order valence-corrected chi connectivity index (χ4v) is 1.68. The van der Waals surface area contributed by atoms with Crippen LogP contribution in [-0.2, 0) is 0 Å². The van der Waals surface area contributed by atoms with Gasteiger partial charge in [0.05, 0.1) is 13.6 Å². The Morgan fingerprint density at radius 1 is 1.69 bits per heavy atom. The molecule has 0 spiro atoms. The lowest BCUT2D eigenvalue weighted by Gasteiger charge is -2.19. The summed E-state index contributed by atoms with van der Waals surface area (Å²) < 4.78 is 0. The summed E-state index contributed by atoms with van der Waals surface area (Å²) in [7, 11) is 1.91. The molecule has 0 saturated heterocycles. The molecular formula is C8H9ClN3O+. The van der Waals surface area contributed by atoms with Crippen LogP contribution in [0.1, 0.15) is 16.8 Å². The quantitative estimate of drug-likeness (QED) is 0.573. The number of hydrogen-bond donors (Lipinski definition) is 0. The topological polar surface area (TPSA) is 47.3 Å². The largest absolute Gasteiger partial charge is 0.294 e. The molecule has 1 aromatic heterocycles. The van der Waals surface area contributed by atoms with E-state index in [9.17, 15) is 4.79 Å². The zero-order valence-corrected chi connectivity index (χ0v) is 7.93. The highest BCUT2D eigenvalue weighted by molar-refractivity contribution is 6.33. The average molecular weight is 199 g/mol. The summed E-state index contributed by atoms with van der Waals surface area (Å²) in [6.07, 6.45) is 2.00. The van der Waals surface area contributed by atoms with Crippen molar-refractivity contribution in [2.75, 3.05) is 18.5 Å². The molecule has 1 aliphatic heterocycles. The number of nitrogens with one attached hydrogen (secondary N) is 1. The van der Waals surface area contributed by atoms with E-state index in [-0.39, 0.29) is 10.9 Å². The Balaban J connectivity index is 2.63. The van der Waals surface area contributed by atoms with E-state index in [1.54, 1.807) is 0 Å². The van der Waals surface area contributed by atoms with Gasteiger partial charge in [0.15, 0.2) is 5.78 Å². The van der Waals surface area contributed by atoms with Crippen LogP contribution in [-0.4, -0.2) is 24.4 Å². The number of halogens is 1. The molecule has 0 radical (unpaired) electrons. The summed E-state index contributed by atoms with van der Waals surface area (Å²) in [5.41, 5.74) is 0.512. The first kappa shape index (κ1) is 8.44. The standard InChI is InChI=1S/C8H8ClN3O/c1-12-3-2-5(13)6-7(9)10-4-11-8(6)12/h4H,2-3H2,1H3/p+1. The van der Waals surface area contributed by atoms with Crippen molar-refractivity contribution in [3.8, 4) is 0 Å². The van der Waals surface area contributed by atoms with Gasteiger partial charge in [-0.05, 0) is 11.6 Å². The van der Waals surface area contributed by atoms with Crippen molar-refractivity contribution >= 4 is 23.2 Å². The molecule has 0 atom stereocenters. The highest BCUT2D eigenvalue weighted by atomic mass is 35.5. The summed E-state index contributed by atoms with van der Waals surface area (Å²) in [5.74, 6) is 0.818. The van der Waals surface area contributed by atoms with Gasteiger partial charge in [-0.3, -0.25) is 9.69 Å². The number of aromatic nitrogens is 2. The van der Waals surface area contributed by atoms with Crippen molar-refractivity contribution < 1.29 is 9.78 Å². The predicted molar refractivity (Wildman–Crippen MR) is 48.0 cm³/mol. The third-order valence-corrected chi connectivity index (χ3v) is 2.44. The molecule has 0 saturated carbocycles. The predicted octanol–water partition coefficient (Wildman–Crippen LogP) is 0.572. The molecular weight excluding hydrogens is 190 g/mol. The Labute approximate surface area is 80.5 Å². The molecule has 0 aromatic carbocycles. The van der Waals surface area contributed by atoms with Crippen LogP contribution in [0.4, 0.5) is 5.82 Å². The van der Waals surface area contributed by atoms with Gasteiger partial charge in [0.25, 0.3) is 0 Å². The normalized spacial score (nSPS) is 15.8. The molecule has 13 heavy (non-hydrogen) atoms. The molecule has 1 N–H and O–H groups in total. The number of hydrogen-bond acceptors (Lipinski definition) is 3. The van der Waals surface area contributed by atoms with Crippen LogP contribution in [0, 0.1) is 0 Å². The van der Waals surface area contributed by atoms with Gasteiger partial charge >= 0.3 is 0 Å². The van der Waals surface area contributed by atoms with Crippen LogP contribution in [0.5, 0.6) is 0 Å². The van der Waals surface area contributed by atoms with Crippen molar-refractivity contribution in [1.29, 1.82) is 0 Å². The molecule has 5 heteroatoms. The number of fused-ring (bicyclic) bond motifs is 1. The van der Waals surface area contributed by atoms with E-state index in [0.717, 1.165) is 12.4 Å². The fraction of sp³-hybridized carbons (Fsp3) is 0.375. The highest BCUT2D eigenvalue weighted by Crippen LogP contribution is 2.25. The number of aromatic amines is 1. The van der Waals surface area contributed by atoms with E-state index >= 15 is 0 Å². The monoisotopic (exact) mass is 198 g/mol. The molecule has 2 rings (SSSR count). The summed E-state index contributed by atoms with van der Waals surface area (Å²) in [4.78, 5) is 20.2. The van der Waals surface area contributed by atoms with Crippen molar-refractivity contribution in [3.05, 3.63) is 17.0 Å². The van der Waals surface area contributed by atoms with Gasteiger partial charge in [-0.1, -0.05) is 4.98 Å². The molecule has 4 nitrogen and oxygen atoms in total. The van der Waals surface area contributed by atoms with E-state index in [0.29, 0.717) is 12.0 Å². The second-order valence-corrected chi connectivity index (χ2v) is 3.37. The van der Waals surface area contributed by atoms with Crippen molar-refractivity contribution in [1.82, 2.24) is 4.98 Å². The number of rotatable bonds is 0. The van der Waals surface area contributed by atoms with Crippen LogP contribution in [0.25, 0.3) is 0 Å². The summed E-state index contributed by atoms with van der Waals surface area (Å²) >= 11 is 5.82. The molecule has 1 aliphatic rings. The van der Waals surface area contributed by atoms with E-state index in [1.807, 2.05) is 11.9 Å². The van der Waals surface area contributed by atoms with Crippen molar-refractivity contribution in [2.24, 2.45) is 0 Å². The molecule has 0 aliphatic carbocycles. The van der Waals surface area contributed by atoms with Gasteiger partial charge in [-0.25, -0.2) is 4.98 Å². The Hall–Kier alpha value is -1.16. The minimum atomic E-state index is 0.0578. The van der Waals surface area contributed by atoms with E-state index in [4.69, 9.17) is 11.6 Å². The molecule has 2 heterocycles. The third kappa shape index (κ3) is 1.27. The van der Waals surface area contributed by atoms with Gasteiger partial charge in [0, 0.05) is 6.42 Å². The second-order valence-electron chi connectivity index (χ2n) is 3.01. The van der Waals surface area contributed by atoms with Gasteiger partial charge in [0.2, 0.25) is 17.3 Å². The summed E-state index contributed by atoms with van der Waals surface area (Å²) in [6.45, 7) is 0.725. The Morgan fingerprint density at radius 2 is 2.46 bits per heavy atom. The van der Waals surface area contributed by atoms with E-state index in [1.165, 1.54) is 6.33 Å². The summed E-state index contributed by atoms with van der Waals surface area (Å²) in [6, 6.07) is 0. The second kappa shape index (κ2) is 2.96. The number of carbonyl (C=O) groups excluding carboxylic acids is 1. The lowest BCUT2D eigenvalue weighted by molar-refractivity contribution is -0.369. The van der Waals surface area contributed by atoms with Crippen LogP contribution < -0.4 is 9.88 Å². The molecule has 0 amide bonds. The van der Waals surface area contributed by atoms with Gasteiger partial charge in [0.1, 0.15) is 5.56 Å². The van der Waals surface area contributed by atoms with Gasteiger partial charge in [-0.15, -0.1) is 0 Å². The summed E-state index contributed by atoms with van der Waals surface area (Å²) in [5, 5.41) is 0.283. The SMILES string of the molecule is CN1CCC(=O)c2c(Cl)nc[nH+]c21. The minimum Gasteiger partial charge on any atom is -0.294 e. The average Bonchev–Trinajstić information content (AvgIpc) is 2.12. The van der Waals surface area contributed by atoms with Crippen LogP contribution >= 0.6 is 11.6 Å². The lowest BCUT2D eigenvalue weighted by atomic mass is 10.1. The maximum atomic E-state index is 11.5. The molecule has 1 aromatic rings. The van der Waals surface area contributed by atoms with E-state index in [2.05, 4.69) is 9.97 Å². The van der Waals surface area contributed by atoms with Crippen molar-refractivity contribution in [3.63, 3.8) is 0 Å². The smallest absolute Gasteiger partial charge is 0.236 e. The maximum Gasteiger partial charge on any atom is 0.236 e. The number of nitrogens with zero attached hydrogens (tertiary/aromatic N) is 2. The first-order valence-corrected chi connectivity index (χ1v) is 4.38.